The molecule has 1 aromatic rings. The average molecular weight is 184 g/mol. The van der Waals surface area contributed by atoms with Gasteiger partial charge in [-0.15, -0.1) is 0 Å². The van der Waals surface area contributed by atoms with Gasteiger partial charge in [0.25, 0.3) is 0 Å². The normalized spacial score (nSPS) is 12.4. The van der Waals surface area contributed by atoms with Gasteiger partial charge in [-0.05, 0) is 35.7 Å². The molecule has 0 aliphatic rings. The fraction of sp³-hybridized carbons (Fsp3) is 0.375. The number of rotatable bonds is 3. The zero-order chi connectivity index (χ0) is 8.97. The van der Waals surface area contributed by atoms with Crippen LogP contribution in [0, 0.1) is 0 Å². The molecular weight excluding hydrogens is 172 g/mol. The number of amides is 2. The van der Waals surface area contributed by atoms with Crippen LogP contribution in [0.3, 0.4) is 0 Å². The van der Waals surface area contributed by atoms with E-state index in [9.17, 15) is 4.79 Å². The van der Waals surface area contributed by atoms with Crippen LogP contribution in [0.1, 0.15) is 12.5 Å². The predicted octanol–water partition coefficient (Wildman–Crippen LogP) is 1.35. The van der Waals surface area contributed by atoms with Gasteiger partial charge in [0.1, 0.15) is 0 Å². The summed E-state index contributed by atoms with van der Waals surface area (Å²) in [4.78, 5) is 10.5. The molecule has 1 heterocycles. The fourth-order valence-corrected chi connectivity index (χ4v) is 1.74. The lowest BCUT2D eigenvalue weighted by atomic mass is 10.1. The van der Waals surface area contributed by atoms with Crippen molar-refractivity contribution in [3.63, 3.8) is 0 Å². The highest BCUT2D eigenvalue weighted by Crippen LogP contribution is 2.08. The summed E-state index contributed by atoms with van der Waals surface area (Å²) >= 11 is 1.66. The van der Waals surface area contributed by atoms with Crippen molar-refractivity contribution < 1.29 is 4.79 Å². The topological polar surface area (TPSA) is 55.1 Å². The van der Waals surface area contributed by atoms with Crippen LogP contribution < -0.4 is 11.1 Å². The second kappa shape index (κ2) is 4.11. The summed E-state index contributed by atoms with van der Waals surface area (Å²) in [6, 6.07) is 1.69. The molecule has 3 nitrogen and oxygen atoms in total. The van der Waals surface area contributed by atoms with Crippen molar-refractivity contribution in [1.82, 2.24) is 5.32 Å². The highest BCUT2D eigenvalue weighted by atomic mass is 32.1. The van der Waals surface area contributed by atoms with Gasteiger partial charge >= 0.3 is 6.03 Å². The largest absolute Gasteiger partial charge is 0.352 e. The number of nitrogens with one attached hydrogen (secondary N) is 1. The number of carbonyl (C=O) groups is 1. The number of carbonyl (C=O) groups excluding carboxylic acids is 1. The molecule has 0 radical (unpaired) electrons. The summed E-state index contributed by atoms with van der Waals surface area (Å²) in [6.07, 6.45) is 0.840. The number of nitrogens with two attached hydrogens (primary N) is 1. The molecule has 0 saturated heterocycles. The van der Waals surface area contributed by atoms with Crippen LogP contribution in [0.25, 0.3) is 0 Å². The third-order valence-corrected chi connectivity index (χ3v) is 2.24. The van der Waals surface area contributed by atoms with Gasteiger partial charge in [0.15, 0.2) is 0 Å². The minimum atomic E-state index is -0.460. The van der Waals surface area contributed by atoms with Crippen molar-refractivity contribution in [1.29, 1.82) is 0 Å². The minimum absolute atomic E-state index is 0.108. The lowest BCUT2D eigenvalue weighted by Gasteiger charge is -2.09. The van der Waals surface area contributed by atoms with E-state index < -0.39 is 6.03 Å². The summed E-state index contributed by atoms with van der Waals surface area (Å²) < 4.78 is 0. The molecule has 12 heavy (non-hydrogen) atoms. The van der Waals surface area contributed by atoms with Crippen LogP contribution in [0.5, 0.6) is 0 Å². The second-order valence-corrected chi connectivity index (χ2v) is 3.53. The van der Waals surface area contributed by atoms with Crippen molar-refractivity contribution in [3.8, 4) is 0 Å². The van der Waals surface area contributed by atoms with E-state index in [1.807, 2.05) is 18.4 Å². The lowest BCUT2D eigenvalue weighted by Crippen LogP contribution is -2.37. The summed E-state index contributed by atoms with van der Waals surface area (Å²) in [6.45, 7) is 1.93. The Kier molecular flexibility index (Phi) is 3.10. The van der Waals surface area contributed by atoms with Gasteiger partial charge in [-0.1, -0.05) is 0 Å². The molecule has 0 aliphatic carbocycles. The molecule has 1 aromatic heterocycles. The number of primary amides is 1. The first kappa shape index (κ1) is 9.06. The molecule has 1 atom stereocenters. The standard InChI is InChI=1S/C8H12N2OS/c1-6(10-8(9)11)4-7-2-3-12-5-7/h2-3,5-6H,4H2,1H3,(H3,9,10,11). The van der Waals surface area contributed by atoms with Crippen molar-refractivity contribution in [3.05, 3.63) is 22.4 Å². The molecule has 0 fully saturated rings. The van der Waals surface area contributed by atoms with E-state index >= 15 is 0 Å². The Labute approximate surface area is 75.6 Å². The van der Waals surface area contributed by atoms with E-state index in [1.165, 1.54) is 5.56 Å². The number of thiophene rings is 1. The van der Waals surface area contributed by atoms with Gasteiger partial charge in [0, 0.05) is 6.04 Å². The fourth-order valence-electron chi connectivity index (χ4n) is 1.06. The van der Waals surface area contributed by atoms with E-state index in [-0.39, 0.29) is 6.04 Å². The van der Waals surface area contributed by atoms with Crippen LogP contribution >= 0.6 is 11.3 Å². The van der Waals surface area contributed by atoms with Gasteiger partial charge in [0.05, 0.1) is 0 Å². The summed E-state index contributed by atoms with van der Waals surface area (Å²) in [5.74, 6) is 0. The molecule has 0 bridgehead atoms. The first-order chi connectivity index (χ1) is 5.68. The summed E-state index contributed by atoms with van der Waals surface area (Å²) in [5, 5.41) is 6.71. The Morgan fingerprint density at radius 3 is 3.08 bits per heavy atom. The minimum Gasteiger partial charge on any atom is -0.352 e. The number of hydrogen-bond donors (Lipinski definition) is 2. The maximum Gasteiger partial charge on any atom is 0.312 e. The monoisotopic (exact) mass is 184 g/mol. The van der Waals surface area contributed by atoms with Crippen LogP contribution in [0.4, 0.5) is 4.79 Å². The third kappa shape index (κ3) is 2.92. The highest BCUT2D eigenvalue weighted by molar-refractivity contribution is 7.07. The van der Waals surface area contributed by atoms with Crippen molar-refractivity contribution >= 4 is 17.4 Å². The quantitative estimate of drug-likeness (QED) is 0.732. The molecule has 2 amide bonds. The number of hydrogen-bond acceptors (Lipinski definition) is 2. The zero-order valence-electron chi connectivity index (χ0n) is 6.91. The lowest BCUT2D eigenvalue weighted by molar-refractivity contribution is 0.246. The van der Waals surface area contributed by atoms with Gasteiger partial charge in [-0.25, -0.2) is 4.79 Å². The van der Waals surface area contributed by atoms with E-state index in [0.717, 1.165) is 6.42 Å². The molecule has 1 unspecified atom stereocenters. The van der Waals surface area contributed by atoms with Gasteiger partial charge in [-0.2, -0.15) is 11.3 Å². The molecule has 4 heteroatoms. The summed E-state index contributed by atoms with van der Waals surface area (Å²) in [5.41, 5.74) is 6.21. The van der Waals surface area contributed by atoms with Crippen LogP contribution in [0.15, 0.2) is 16.8 Å². The Bertz CT molecular complexity index is 246. The molecule has 0 aromatic carbocycles. The molecule has 66 valence electrons. The number of urea groups is 1. The second-order valence-electron chi connectivity index (χ2n) is 2.75. The van der Waals surface area contributed by atoms with E-state index in [1.54, 1.807) is 11.3 Å². The van der Waals surface area contributed by atoms with Gasteiger partial charge in [0.2, 0.25) is 0 Å². The van der Waals surface area contributed by atoms with Crippen LogP contribution in [0.2, 0.25) is 0 Å². The molecule has 3 N–H and O–H groups in total. The molecule has 0 aliphatic heterocycles. The van der Waals surface area contributed by atoms with Gasteiger partial charge in [-0.3, -0.25) is 0 Å². The first-order valence-electron chi connectivity index (χ1n) is 3.75. The Morgan fingerprint density at radius 2 is 2.58 bits per heavy atom. The SMILES string of the molecule is CC(Cc1ccsc1)NC(N)=O. The van der Waals surface area contributed by atoms with E-state index in [0.29, 0.717) is 0 Å². The summed E-state index contributed by atoms with van der Waals surface area (Å²) in [7, 11) is 0. The Morgan fingerprint density at radius 1 is 1.83 bits per heavy atom. The molecule has 0 spiro atoms. The molecule has 0 saturated carbocycles. The van der Waals surface area contributed by atoms with Crippen molar-refractivity contribution in [2.24, 2.45) is 5.73 Å². The maximum atomic E-state index is 10.5. The van der Waals surface area contributed by atoms with Gasteiger partial charge < -0.3 is 11.1 Å². The Hall–Kier alpha value is -1.03. The zero-order valence-corrected chi connectivity index (χ0v) is 7.73. The third-order valence-electron chi connectivity index (χ3n) is 1.51. The van der Waals surface area contributed by atoms with Crippen LogP contribution in [-0.4, -0.2) is 12.1 Å². The van der Waals surface area contributed by atoms with Crippen LogP contribution in [-0.2, 0) is 6.42 Å². The van der Waals surface area contributed by atoms with Crippen molar-refractivity contribution in [2.75, 3.05) is 0 Å². The smallest absolute Gasteiger partial charge is 0.312 e. The Balaban J connectivity index is 2.36. The average Bonchev–Trinajstić information content (AvgIpc) is 2.37. The highest BCUT2D eigenvalue weighted by Gasteiger charge is 2.04. The first-order valence-corrected chi connectivity index (χ1v) is 4.70. The van der Waals surface area contributed by atoms with E-state index in [2.05, 4.69) is 10.7 Å². The maximum absolute atomic E-state index is 10.5. The van der Waals surface area contributed by atoms with Crippen molar-refractivity contribution in [2.45, 2.75) is 19.4 Å². The predicted molar refractivity (Wildman–Crippen MR) is 50.2 cm³/mol. The molecule has 1 rings (SSSR count). The molecular formula is C8H12N2OS. The van der Waals surface area contributed by atoms with E-state index in [4.69, 9.17) is 5.73 Å².